The van der Waals surface area contributed by atoms with E-state index in [-0.39, 0.29) is 0 Å². The summed E-state index contributed by atoms with van der Waals surface area (Å²) in [6, 6.07) is 24.2. The Balaban J connectivity index is 1.87. The number of imidazole rings is 1. The number of methoxy groups -OCH3 is 1. The molecule has 0 atom stereocenters. The number of fused-ring (bicyclic) bond motifs is 1. The first kappa shape index (κ1) is 15.7. The lowest BCUT2D eigenvalue weighted by Crippen LogP contribution is -2.02. The summed E-state index contributed by atoms with van der Waals surface area (Å²) in [5.74, 6) is 1.75. The Hall–Kier alpha value is -2.78. The topological polar surface area (TPSA) is 27.1 Å². The van der Waals surface area contributed by atoms with Crippen LogP contribution in [0, 0.1) is 0 Å². The number of rotatable bonds is 4. The maximum atomic E-state index is 6.16. The van der Waals surface area contributed by atoms with Crippen LogP contribution >= 0.6 is 11.6 Å². The highest BCUT2D eigenvalue weighted by atomic mass is 35.5. The second kappa shape index (κ2) is 6.61. The van der Waals surface area contributed by atoms with Crippen LogP contribution in [0.15, 0.2) is 72.8 Å². The molecule has 0 saturated heterocycles. The van der Waals surface area contributed by atoms with Gasteiger partial charge in [-0.15, -0.1) is 0 Å². The molecule has 0 aliphatic heterocycles. The molecule has 0 unspecified atom stereocenters. The van der Waals surface area contributed by atoms with Crippen molar-refractivity contribution in [3.8, 4) is 17.1 Å². The number of aromatic nitrogens is 2. The van der Waals surface area contributed by atoms with Crippen LogP contribution in [0.1, 0.15) is 5.56 Å². The molecule has 0 bridgehead atoms. The minimum atomic E-state index is 0.693. The van der Waals surface area contributed by atoms with Gasteiger partial charge < -0.3 is 9.30 Å². The molecule has 3 aromatic carbocycles. The third-order valence-corrected chi connectivity index (χ3v) is 4.48. The molecule has 0 aliphatic carbocycles. The second-order valence-electron chi connectivity index (χ2n) is 5.87. The van der Waals surface area contributed by atoms with E-state index in [1.807, 2.05) is 48.5 Å². The van der Waals surface area contributed by atoms with Crippen LogP contribution in [-0.4, -0.2) is 16.7 Å². The van der Waals surface area contributed by atoms with E-state index in [0.29, 0.717) is 5.02 Å². The second-order valence-corrected chi connectivity index (χ2v) is 6.31. The molecule has 0 N–H and O–H groups in total. The molecular weight excluding hydrogens is 332 g/mol. The fraction of sp³-hybridized carbons (Fsp3) is 0.0952. The standard InChI is InChI=1S/C21H17ClN2O/c1-25-18-10-7-16(8-11-18)21-23-19-13-17(22)9-12-20(19)24(21)14-15-5-3-2-4-6-15/h2-13H,14H2,1H3. The predicted molar refractivity (Wildman–Crippen MR) is 102 cm³/mol. The first-order valence-corrected chi connectivity index (χ1v) is 8.46. The van der Waals surface area contributed by atoms with E-state index < -0.39 is 0 Å². The third kappa shape index (κ3) is 3.11. The van der Waals surface area contributed by atoms with Gasteiger partial charge in [0.15, 0.2) is 0 Å². The number of ether oxygens (including phenoxy) is 1. The zero-order valence-electron chi connectivity index (χ0n) is 13.8. The van der Waals surface area contributed by atoms with Gasteiger partial charge >= 0.3 is 0 Å². The monoisotopic (exact) mass is 348 g/mol. The number of halogens is 1. The van der Waals surface area contributed by atoms with Crippen molar-refractivity contribution in [2.75, 3.05) is 7.11 Å². The number of nitrogens with zero attached hydrogens (tertiary/aromatic N) is 2. The Morgan fingerprint density at radius 1 is 0.960 bits per heavy atom. The highest BCUT2D eigenvalue weighted by Gasteiger charge is 2.13. The van der Waals surface area contributed by atoms with Crippen molar-refractivity contribution >= 4 is 22.6 Å². The highest BCUT2D eigenvalue weighted by Crippen LogP contribution is 2.28. The molecule has 3 nitrogen and oxygen atoms in total. The van der Waals surface area contributed by atoms with Crippen LogP contribution < -0.4 is 4.74 Å². The summed E-state index contributed by atoms with van der Waals surface area (Å²) in [6.07, 6.45) is 0. The summed E-state index contributed by atoms with van der Waals surface area (Å²) in [7, 11) is 1.67. The number of hydrogen-bond donors (Lipinski definition) is 0. The summed E-state index contributed by atoms with van der Waals surface area (Å²) in [5.41, 5.74) is 4.24. The largest absolute Gasteiger partial charge is 0.497 e. The number of benzene rings is 3. The van der Waals surface area contributed by atoms with E-state index in [1.54, 1.807) is 7.11 Å². The average Bonchev–Trinajstić information content (AvgIpc) is 3.00. The van der Waals surface area contributed by atoms with Crippen LogP contribution in [0.25, 0.3) is 22.4 Å². The van der Waals surface area contributed by atoms with Gasteiger partial charge in [0.1, 0.15) is 11.6 Å². The third-order valence-electron chi connectivity index (χ3n) is 4.24. The van der Waals surface area contributed by atoms with Crippen molar-refractivity contribution in [2.24, 2.45) is 0 Å². The molecule has 4 aromatic rings. The van der Waals surface area contributed by atoms with Crippen LogP contribution in [-0.2, 0) is 6.54 Å². The first-order chi connectivity index (χ1) is 12.2. The maximum absolute atomic E-state index is 6.16. The van der Waals surface area contributed by atoms with Gasteiger partial charge in [0, 0.05) is 17.1 Å². The van der Waals surface area contributed by atoms with Gasteiger partial charge in [-0.3, -0.25) is 0 Å². The molecule has 4 rings (SSSR count). The minimum absolute atomic E-state index is 0.693. The maximum Gasteiger partial charge on any atom is 0.141 e. The van der Waals surface area contributed by atoms with Gasteiger partial charge in [-0.25, -0.2) is 4.98 Å². The molecule has 0 aliphatic rings. The van der Waals surface area contributed by atoms with Gasteiger partial charge in [0.2, 0.25) is 0 Å². The SMILES string of the molecule is COc1ccc(-c2nc3cc(Cl)ccc3n2Cc2ccccc2)cc1. The van der Waals surface area contributed by atoms with Crippen molar-refractivity contribution < 1.29 is 4.74 Å². The Morgan fingerprint density at radius 3 is 2.44 bits per heavy atom. The summed E-state index contributed by atoms with van der Waals surface area (Å²) in [5, 5.41) is 0.693. The lowest BCUT2D eigenvalue weighted by atomic mass is 10.2. The Bertz CT molecular complexity index is 1010. The highest BCUT2D eigenvalue weighted by molar-refractivity contribution is 6.31. The van der Waals surface area contributed by atoms with Gasteiger partial charge in [0.25, 0.3) is 0 Å². The van der Waals surface area contributed by atoms with Crippen molar-refractivity contribution in [2.45, 2.75) is 6.54 Å². The smallest absolute Gasteiger partial charge is 0.141 e. The fourth-order valence-electron chi connectivity index (χ4n) is 2.99. The predicted octanol–water partition coefficient (Wildman–Crippen LogP) is 5.41. The molecule has 124 valence electrons. The molecule has 25 heavy (non-hydrogen) atoms. The molecule has 1 aromatic heterocycles. The van der Waals surface area contributed by atoms with Crippen LogP contribution in [0.2, 0.25) is 5.02 Å². The zero-order valence-corrected chi connectivity index (χ0v) is 14.6. The van der Waals surface area contributed by atoms with Crippen molar-refractivity contribution in [3.05, 3.63) is 83.4 Å². The summed E-state index contributed by atoms with van der Waals surface area (Å²) < 4.78 is 7.49. The van der Waals surface area contributed by atoms with Crippen LogP contribution in [0.4, 0.5) is 0 Å². The Morgan fingerprint density at radius 2 is 1.72 bits per heavy atom. The fourth-order valence-corrected chi connectivity index (χ4v) is 3.16. The van der Waals surface area contributed by atoms with Gasteiger partial charge in [0.05, 0.1) is 18.1 Å². The molecule has 0 spiro atoms. The Kier molecular flexibility index (Phi) is 4.16. The summed E-state index contributed by atoms with van der Waals surface area (Å²) in [4.78, 5) is 4.83. The van der Waals surface area contributed by atoms with E-state index in [0.717, 1.165) is 34.7 Å². The van der Waals surface area contributed by atoms with Crippen molar-refractivity contribution in [1.29, 1.82) is 0 Å². The lowest BCUT2D eigenvalue weighted by Gasteiger charge is -2.10. The first-order valence-electron chi connectivity index (χ1n) is 8.09. The molecule has 0 saturated carbocycles. The number of hydrogen-bond acceptors (Lipinski definition) is 2. The molecule has 0 fully saturated rings. The van der Waals surface area contributed by atoms with E-state index in [4.69, 9.17) is 21.3 Å². The summed E-state index contributed by atoms with van der Waals surface area (Å²) in [6.45, 7) is 0.750. The average molecular weight is 349 g/mol. The molecule has 1 heterocycles. The van der Waals surface area contributed by atoms with Gasteiger partial charge in [-0.1, -0.05) is 41.9 Å². The molecular formula is C21H17ClN2O. The van der Waals surface area contributed by atoms with E-state index in [2.05, 4.69) is 28.8 Å². The van der Waals surface area contributed by atoms with Crippen LogP contribution in [0.3, 0.4) is 0 Å². The minimum Gasteiger partial charge on any atom is -0.497 e. The Labute approximate surface area is 151 Å². The van der Waals surface area contributed by atoms with E-state index in [1.165, 1.54) is 5.56 Å². The molecule has 0 amide bonds. The van der Waals surface area contributed by atoms with Gasteiger partial charge in [-0.2, -0.15) is 0 Å². The quantitative estimate of drug-likeness (QED) is 0.492. The van der Waals surface area contributed by atoms with Gasteiger partial charge in [-0.05, 0) is 48.0 Å². The van der Waals surface area contributed by atoms with Crippen LogP contribution in [0.5, 0.6) is 5.75 Å². The van der Waals surface area contributed by atoms with E-state index in [9.17, 15) is 0 Å². The normalized spacial score (nSPS) is 11.0. The van der Waals surface area contributed by atoms with Crippen molar-refractivity contribution in [1.82, 2.24) is 9.55 Å². The molecule has 4 heteroatoms. The lowest BCUT2D eigenvalue weighted by molar-refractivity contribution is 0.415. The van der Waals surface area contributed by atoms with E-state index >= 15 is 0 Å². The summed E-state index contributed by atoms with van der Waals surface area (Å²) >= 11 is 6.16. The molecule has 0 radical (unpaired) electrons. The van der Waals surface area contributed by atoms with Crippen molar-refractivity contribution in [3.63, 3.8) is 0 Å². The zero-order chi connectivity index (χ0) is 17.2.